The van der Waals surface area contributed by atoms with Gasteiger partial charge in [0.05, 0.1) is 18.8 Å². The van der Waals surface area contributed by atoms with Gasteiger partial charge in [0.15, 0.2) is 5.78 Å². The second kappa shape index (κ2) is 8.89. The second-order valence-corrected chi connectivity index (χ2v) is 11.1. The van der Waals surface area contributed by atoms with Crippen molar-refractivity contribution in [2.45, 2.75) is 51.5 Å². The number of ketones is 1. The van der Waals surface area contributed by atoms with Gasteiger partial charge in [-0.25, -0.2) is 0 Å². The van der Waals surface area contributed by atoms with Crippen molar-refractivity contribution in [1.82, 2.24) is 9.88 Å². The maximum absolute atomic E-state index is 13.9. The van der Waals surface area contributed by atoms with Gasteiger partial charge < -0.3 is 14.6 Å². The zero-order valence-corrected chi connectivity index (χ0v) is 21.8. The quantitative estimate of drug-likeness (QED) is 0.529. The smallest absolute Gasteiger partial charge is 0.195 e. The number of hydrogen-bond donors (Lipinski definition) is 1. The first kappa shape index (κ1) is 23.5. The molecular weight excluding hydrogens is 446 g/mol. The number of hydrogen-bond acceptors (Lipinski definition) is 4. The van der Waals surface area contributed by atoms with Crippen LogP contribution in [0, 0.1) is 0 Å². The minimum absolute atomic E-state index is 0.143. The lowest BCUT2D eigenvalue weighted by atomic mass is 9.70. The highest BCUT2D eigenvalue weighted by molar-refractivity contribution is 6.20. The van der Waals surface area contributed by atoms with Gasteiger partial charge in [-0.05, 0) is 54.2 Å². The lowest BCUT2D eigenvalue weighted by Gasteiger charge is -2.42. The molecule has 1 aromatic heterocycles. The molecule has 0 unspecified atom stereocenters. The molecule has 0 saturated carbocycles. The number of nitrogens with one attached hydrogen (secondary N) is 1. The summed E-state index contributed by atoms with van der Waals surface area (Å²) < 4.78 is 5.56. The van der Waals surface area contributed by atoms with Crippen LogP contribution in [0.15, 0.2) is 36.9 Å². The molecule has 0 radical (unpaired) electrons. The van der Waals surface area contributed by atoms with Gasteiger partial charge in [-0.15, -0.1) is 0 Å². The van der Waals surface area contributed by atoms with Crippen LogP contribution in [0.25, 0.3) is 17.0 Å². The summed E-state index contributed by atoms with van der Waals surface area (Å²) in [5, 5.41) is 1.01. The lowest BCUT2D eigenvalue weighted by Crippen LogP contribution is -2.49. The van der Waals surface area contributed by atoms with Crippen molar-refractivity contribution in [3.8, 4) is 0 Å². The Morgan fingerprint density at radius 1 is 1.11 bits per heavy atom. The van der Waals surface area contributed by atoms with E-state index < -0.39 is 0 Å². The molecule has 5 nitrogen and oxygen atoms in total. The third kappa shape index (κ3) is 3.63. The Hall–Kier alpha value is -2.89. The topological polar surface area (TPSA) is 48.6 Å². The van der Waals surface area contributed by atoms with E-state index in [2.05, 4.69) is 66.4 Å². The van der Waals surface area contributed by atoms with E-state index in [-0.39, 0.29) is 11.2 Å². The van der Waals surface area contributed by atoms with Gasteiger partial charge in [0, 0.05) is 65.5 Å². The standard InChI is InChI=1S/C31H37N3O2/c1-5-20-7-8-23-26(17-20)32-30-28(23)29(35)24-18-21(6-2)27(19-25(24)31(30,3)4)34-11-9-22(10-12-34)33-13-15-36-16-14-33/h5,7-8,17-19,22,32H,1,6,9-16H2,2-4H3. The highest BCUT2D eigenvalue weighted by Gasteiger charge is 2.40. The molecule has 0 bridgehead atoms. The Bertz CT molecular complexity index is 1340. The monoisotopic (exact) mass is 483 g/mol. The number of aromatic nitrogens is 1. The molecule has 2 fully saturated rings. The van der Waals surface area contributed by atoms with Crippen molar-refractivity contribution in [3.63, 3.8) is 0 Å². The van der Waals surface area contributed by atoms with Crippen LogP contribution in [0.2, 0.25) is 0 Å². The Kier molecular flexibility index (Phi) is 5.81. The van der Waals surface area contributed by atoms with Crippen molar-refractivity contribution in [3.05, 3.63) is 70.4 Å². The SMILES string of the molecule is C=Cc1ccc2c3c([nH]c2c1)C(C)(C)c1cc(N2CCC(N4CCOCC4)CC2)c(CC)cc1C3=O. The highest BCUT2D eigenvalue weighted by Crippen LogP contribution is 2.46. The third-order valence-electron chi connectivity index (χ3n) is 8.80. The van der Waals surface area contributed by atoms with E-state index in [4.69, 9.17) is 4.74 Å². The molecule has 2 aromatic carbocycles. The number of carbonyl (C=O) groups is 1. The minimum atomic E-state index is -0.293. The van der Waals surface area contributed by atoms with Crippen molar-refractivity contribution in [1.29, 1.82) is 0 Å². The van der Waals surface area contributed by atoms with Crippen molar-refractivity contribution in [2.75, 3.05) is 44.3 Å². The van der Waals surface area contributed by atoms with Crippen molar-refractivity contribution < 1.29 is 9.53 Å². The van der Waals surface area contributed by atoms with E-state index >= 15 is 0 Å². The number of carbonyl (C=O) groups excluding carboxylic acids is 1. The van der Waals surface area contributed by atoms with E-state index in [0.29, 0.717) is 6.04 Å². The molecule has 2 saturated heterocycles. The Morgan fingerprint density at radius 2 is 1.86 bits per heavy atom. The molecule has 5 heteroatoms. The van der Waals surface area contributed by atoms with Crippen LogP contribution < -0.4 is 4.90 Å². The molecular formula is C31H37N3O2. The lowest BCUT2D eigenvalue weighted by molar-refractivity contribution is 0.0115. The molecule has 3 aliphatic rings. The van der Waals surface area contributed by atoms with Crippen LogP contribution in [0.1, 0.15) is 71.9 Å². The van der Waals surface area contributed by atoms with Gasteiger partial charge in [0.1, 0.15) is 0 Å². The molecule has 1 N–H and O–H groups in total. The predicted molar refractivity (Wildman–Crippen MR) is 147 cm³/mol. The first-order valence-corrected chi connectivity index (χ1v) is 13.5. The minimum Gasteiger partial charge on any atom is -0.379 e. The Labute approximate surface area is 214 Å². The Balaban J connectivity index is 1.37. The summed E-state index contributed by atoms with van der Waals surface area (Å²) in [5.41, 5.74) is 8.22. The molecule has 0 spiro atoms. The summed E-state index contributed by atoms with van der Waals surface area (Å²) in [5.74, 6) is 0.143. The molecule has 188 valence electrons. The van der Waals surface area contributed by atoms with Gasteiger partial charge in [-0.2, -0.15) is 0 Å². The zero-order chi connectivity index (χ0) is 25.0. The number of benzene rings is 2. The van der Waals surface area contributed by atoms with Gasteiger partial charge in [-0.3, -0.25) is 9.69 Å². The zero-order valence-electron chi connectivity index (χ0n) is 21.8. The average Bonchev–Trinajstić information content (AvgIpc) is 3.32. The van der Waals surface area contributed by atoms with Crippen LogP contribution >= 0.6 is 0 Å². The number of ether oxygens (including phenoxy) is 1. The highest BCUT2D eigenvalue weighted by atomic mass is 16.5. The fourth-order valence-corrected chi connectivity index (χ4v) is 6.65. The van der Waals surface area contributed by atoms with Crippen LogP contribution in [-0.4, -0.2) is 61.1 Å². The molecule has 3 heterocycles. The van der Waals surface area contributed by atoms with Gasteiger partial charge in [0.25, 0.3) is 0 Å². The largest absolute Gasteiger partial charge is 0.379 e. The van der Waals surface area contributed by atoms with Gasteiger partial charge in [-0.1, -0.05) is 45.6 Å². The average molecular weight is 484 g/mol. The number of piperidine rings is 1. The fourth-order valence-electron chi connectivity index (χ4n) is 6.65. The third-order valence-corrected chi connectivity index (χ3v) is 8.80. The molecule has 2 aliphatic heterocycles. The fraction of sp³-hybridized carbons (Fsp3) is 0.452. The summed E-state index contributed by atoms with van der Waals surface area (Å²) in [7, 11) is 0. The van der Waals surface area contributed by atoms with Crippen LogP contribution in [0.5, 0.6) is 0 Å². The number of rotatable bonds is 4. The van der Waals surface area contributed by atoms with Gasteiger partial charge in [0.2, 0.25) is 0 Å². The van der Waals surface area contributed by atoms with Gasteiger partial charge >= 0.3 is 0 Å². The number of aromatic amines is 1. The molecule has 0 amide bonds. The molecule has 6 rings (SSSR count). The number of aryl methyl sites for hydroxylation is 1. The van der Waals surface area contributed by atoms with E-state index in [1.54, 1.807) is 0 Å². The first-order valence-electron chi connectivity index (χ1n) is 13.5. The molecule has 3 aromatic rings. The molecule has 36 heavy (non-hydrogen) atoms. The number of nitrogens with zero attached hydrogens (tertiary/aromatic N) is 2. The van der Waals surface area contributed by atoms with E-state index in [9.17, 15) is 4.79 Å². The predicted octanol–water partition coefficient (Wildman–Crippen LogP) is 5.54. The maximum Gasteiger partial charge on any atom is 0.195 e. The Morgan fingerprint density at radius 3 is 2.56 bits per heavy atom. The van der Waals surface area contributed by atoms with Crippen LogP contribution in [-0.2, 0) is 16.6 Å². The van der Waals surface area contributed by atoms with Crippen LogP contribution in [0.3, 0.4) is 0 Å². The van der Waals surface area contributed by atoms with E-state index in [1.165, 1.54) is 24.1 Å². The van der Waals surface area contributed by atoms with Crippen molar-refractivity contribution in [2.24, 2.45) is 0 Å². The number of anilines is 1. The summed E-state index contributed by atoms with van der Waals surface area (Å²) in [6.45, 7) is 16.6. The van der Waals surface area contributed by atoms with E-state index in [0.717, 1.165) is 84.7 Å². The molecule has 0 atom stereocenters. The number of morpholine rings is 1. The normalized spacial score (nSPS) is 20.4. The summed E-state index contributed by atoms with van der Waals surface area (Å²) in [4.78, 5) is 22.7. The van der Waals surface area contributed by atoms with Crippen LogP contribution in [0.4, 0.5) is 5.69 Å². The number of H-pyrrole nitrogens is 1. The summed E-state index contributed by atoms with van der Waals surface area (Å²) in [6, 6.07) is 11.4. The summed E-state index contributed by atoms with van der Waals surface area (Å²) >= 11 is 0. The first-order chi connectivity index (χ1) is 17.4. The second-order valence-electron chi connectivity index (χ2n) is 11.1. The van der Waals surface area contributed by atoms with E-state index in [1.807, 2.05) is 12.1 Å². The maximum atomic E-state index is 13.9. The summed E-state index contributed by atoms with van der Waals surface area (Å²) in [6.07, 6.45) is 5.13. The number of fused-ring (bicyclic) bond motifs is 4. The van der Waals surface area contributed by atoms with Crippen molar-refractivity contribution >= 4 is 28.4 Å². The molecule has 1 aliphatic carbocycles.